The molecule has 132 valence electrons. The van der Waals surface area contributed by atoms with Crippen LogP contribution >= 0.6 is 0 Å². The first-order valence-corrected chi connectivity index (χ1v) is 8.86. The van der Waals surface area contributed by atoms with E-state index in [-0.39, 0.29) is 28.2 Å². The molecule has 4 rings (SSSR count). The molecule has 0 aromatic rings. The van der Waals surface area contributed by atoms with Gasteiger partial charge < -0.3 is 9.47 Å². The third kappa shape index (κ3) is 2.68. The number of ketones is 2. The predicted molar refractivity (Wildman–Crippen MR) is 94.1 cm³/mol. The zero-order valence-corrected chi connectivity index (χ0v) is 15.3. The summed E-state index contributed by atoms with van der Waals surface area (Å²) in [6.07, 6.45) is 8.40. The van der Waals surface area contributed by atoms with Crippen molar-refractivity contribution in [2.45, 2.75) is 51.7 Å². The number of rotatable bonds is 4. The molecule has 2 unspecified atom stereocenters. The second-order valence-corrected chi connectivity index (χ2v) is 8.36. The summed E-state index contributed by atoms with van der Waals surface area (Å²) in [6.45, 7) is 9.66. The fourth-order valence-corrected chi connectivity index (χ4v) is 3.95. The van der Waals surface area contributed by atoms with Crippen LogP contribution in [0, 0.1) is 5.41 Å². The van der Waals surface area contributed by atoms with Crippen molar-refractivity contribution in [1.29, 1.82) is 0 Å². The van der Waals surface area contributed by atoms with Crippen LogP contribution in [0.4, 0.5) is 0 Å². The lowest BCUT2D eigenvalue weighted by molar-refractivity contribution is -0.114. The first-order chi connectivity index (χ1) is 11.7. The van der Waals surface area contributed by atoms with E-state index < -0.39 is 0 Å². The monoisotopic (exact) mass is 340 g/mol. The molecule has 2 saturated heterocycles. The van der Waals surface area contributed by atoms with Crippen molar-refractivity contribution in [2.24, 2.45) is 5.41 Å². The van der Waals surface area contributed by atoms with Gasteiger partial charge in [0.05, 0.1) is 13.2 Å². The summed E-state index contributed by atoms with van der Waals surface area (Å²) in [5.41, 5.74) is 3.15. The van der Waals surface area contributed by atoms with Gasteiger partial charge in [0.2, 0.25) is 0 Å². The van der Waals surface area contributed by atoms with Gasteiger partial charge in [-0.15, -0.1) is 0 Å². The first-order valence-electron chi connectivity index (χ1n) is 8.86. The number of hydrogen-bond acceptors (Lipinski definition) is 4. The van der Waals surface area contributed by atoms with Crippen LogP contribution in [0.15, 0.2) is 46.6 Å². The van der Waals surface area contributed by atoms with Crippen LogP contribution in [0.1, 0.15) is 40.5 Å². The zero-order chi connectivity index (χ0) is 18.0. The second-order valence-electron chi connectivity index (χ2n) is 8.36. The highest BCUT2D eigenvalue weighted by Crippen LogP contribution is 2.53. The minimum atomic E-state index is -0.367. The van der Waals surface area contributed by atoms with Crippen molar-refractivity contribution in [3.8, 4) is 0 Å². The van der Waals surface area contributed by atoms with Gasteiger partial charge in [0, 0.05) is 18.3 Å². The Kier molecular flexibility index (Phi) is 3.41. The van der Waals surface area contributed by atoms with Gasteiger partial charge in [0.25, 0.3) is 0 Å². The molecule has 2 aliphatic carbocycles. The molecule has 4 nitrogen and oxygen atoms in total. The molecule has 4 heteroatoms. The molecule has 0 aromatic carbocycles. The van der Waals surface area contributed by atoms with Crippen LogP contribution in [0.5, 0.6) is 0 Å². The zero-order valence-electron chi connectivity index (χ0n) is 15.3. The minimum Gasteiger partial charge on any atom is -0.365 e. The number of carbonyl (C=O) groups excluding carboxylic acids is 2. The Labute approximate surface area is 148 Å². The molecule has 2 atom stereocenters. The summed E-state index contributed by atoms with van der Waals surface area (Å²) in [5.74, 6) is 0.236. The number of carbonyl (C=O) groups is 2. The number of hydrogen-bond donors (Lipinski definition) is 0. The van der Waals surface area contributed by atoms with Gasteiger partial charge in [-0.05, 0) is 48.3 Å². The highest BCUT2D eigenvalue weighted by Gasteiger charge is 2.52. The van der Waals surface area contributed by atoms with E-state index in [1.165, 1.54) is 0 Å². The summed E-state index contributed by atoms with van der Waals surface area (Å²) < 4.78 is 11.3. The summed E-state index contributed by atoms with van der Waals surface area (Å²) in [4.78, 5) is 24.0. The standard InChI is InChI=1S/C21H24O4/c1-19(2,15-7-5-13(22)9-17(15)20(3)11-24-20)16-8-6-14(23)10-18(16)21(4)12-25-21/h7-10H,5-6,11-12H2,1-4H3. The van der Waals surface area contributed by atoms with Crippen LogP contribution in [0.3, 0.4) is 0 Å². The first kappa shape index (κ1) is 16.7. The van der Waals surface area contributed by atoms with Crippen molar-refractivity contribution < 1.29 is 19.1 Å². The lowest BCUT2D eigenvalue weighted by Crippen LogP contribution is -2.31. The van der Waals surface area contributed by atoms with Crippen LogP contribution in [-0.4, -0.2) is 36.0 Å². The van der Waals surface area contributed by atoms with Crippen molar-refractivity contribution >= 4 is 11.6 Å². The van der Waals surface area contributed by atoms with E-state index >= 15 is 0 Å². The third-order valence-corrected chi connectivity index (χ3v) is 5.85. The van der Waals surface area contributed by atoms with Gasteiger partial charge in [-0.25, -0.2) is 0 Å². The van der Waals surface area contributed by atoms with E-state index in [0.29, 0.717) is 26.1 Å². The van der Waals surface area contributed by atoms with Crippen LogP contribution in [0.25, 0.3) is 0 Å². The van der Waals surface area contributed by atoms with Gasteiger partial charge in [-0.2, -0.15) is 0 Å². The molecule has 0 radical (unpaired) electrons. The predicted octanol–water partition coefficient (Wildman–Crippen LogP) is 3.24. The number of ether oxygens (including phenoxy) is 2. The average Bonchev–Trinajstić information content (AvgIpc) is 3.47. The van der Waals surface area contributed by atoms with Crippen LogP contribution < -0.4 is 0 Å². The van der Waals surface area contributed by atoms with Crippen molar-refractivity contribution in [3.05, 3.63) is 46.6 Å². The van der Waals surface area contributed by atoms with E-state index in [2.05, 4.69) is 13.8 Å². The molecule has 2 aliphatic heterocycles. The summed E-state index contributed by atoms with van der Waals surface area (Å²) in [7, 11) is 0. The fraction of sp³-hybridized carbons (Fsp3) is 0.524. The highest BCUT2D eigenvalue weighted by molar-refractivity contribution is 5.96. The Morgan fingerprint density at radius 1 is 0.840 bits per heavy atom. The molecule has 0 amide bonds. The third-order valence-electron chi connectivity index (χ3n) is 5.85. The van der Waals surface area contributed by atoms with E-state index in [9.17, 15) is 9.59 Å². The molecule has 0 N–H and O–H groups in total. The SMILES string of the molecule is CC1(C2=CC(=O)CC=C2C(C)(C)C2=CCC(=O)C=C2C2(C)CO2)CO1. The lowest BCUT2D eigenvalue weighted by atomic mass is 9.65. The molecule has 2 fully saturated rings. The molecule has 2 heterocycles. The smallest absolute Gasteiger partial charge is 0.159 e. The second kappa shape index (κ2) is 5.12. The van der Waals surface area contributed by atoms with E-state index in [1.54, 1.807) is 12.2 Å². The van der Waals surface area contributed by atoms with Crippen LogP contribution in [-0.2, 0) is 19.1 Å². The number of allylic oxidation sites excluding steroid dienone is 4. The maximum atomic E-state index is 12.0. The van der Waals surface area contributed by atoms with Crippen molar-refractivity contribution in [1.82, 2.24) is 0 Å². The fourth-order valence-electron chi connectivity index (χ4n) is 3.95. The Balaban J connectivity index is 1.76. The number of epoxide rings is 2. The summed E-state index contributed by atoms with van der Waals surface area (Å²) >= 11 is 0. The molecule has 25 heavy (non-hydrogen) atoms. The summed E-state index contributed by atoms with van der Waals surface area (Å²) in [6, 6.07) is 0. The van der Waals surface area contributed by atoms with Crippen LogP contribution in [0.2, 0.25) is 0 Å². The van der Waals surface area contributed by atoms with Gasteiger partial charge in [0.1, 0.15) is 11.2 Å². The quantitative estimate of drug-likeness (QED) is 0.737. The minimum absolute atomic E-state index is 0.118. The van der Waals surface area contributed by atoms with E-state index in [1.807, 2.05) is 26.0 Å². The maximum absolute atomic E-state index is 12.0. The largest absolute Gasteiger partial charge is 0.365 e. The molecular formula is C21H24O4. The Bertz CT molecular complexity index is 730. The lowest BCUT2D eigenvalue weighted by Gasteiger charge is -2.38. The molecule has 0 aromatic heterocycles. The van der Waals surface area contributed by atoms with Crippen molar-refractivity contribution in [2.75, 3.05) is 13.2 Å². The van der Waals surface area contributed by atoms with Gasteiger partial charge in [0.15, 0.2) is 11.6 Å². The van der Waals surface area contributed by atoms with Gasteiger partial charge in [-0.3, -0.25) is 9.59 Å². The Morgan fingerprint density at radius 2 is 1.20 bits per heavy atom. The topological polar surface area (TPSA) is 59.2 Å². The van der Waals surface area contributed by atoms with Crippen molar-refractivity contribution in [3.63, 3.8) is 0 Å². The normalized spacial score (nSPS) is 34.9. The average molecular weight is 340 g/mol. The van der Waals surface area contributed by atoms with E-state index in [4.69, 9.17) is 9.47 Å². The molecule has 0 saturated carbocycles. The highest BCUT2D eigenvalue weighted by atomic mass is 16.6. The Hall–Kier alpha value is -1.78. The van der Waals surface area contributed by atoms with E-state index in [0.717, 1.165) is 22.3 Å². The molecular weight excluding hydrogens is 316 g/mol. The molecule has 0 spiro atoms. The van der Waals surface area contributed by atoms with Gasteiger partial charge in [-0.1, -0.05) is 26.0 Å². The molecule has 0 bridgehead atoms. The van der Waals surface area contributed by atoms with Gasteiger partial charge >= 0.3 is 0 Å². The maximum Gasteiger partial charge on any atom is 0.159 e. The summed E-state index contributed by atoms with van der Waals surface area (Å²) in [5, 5.41) is 0. The molecule has 4 aliphatic rings. The Morgan fingerprint density at radius 3 is 1.52 bits per heavy atom.